The standard InChI is InChI=1S/C24H32N8S2/c1-3-5-10-17-19(25)27-23(29-21(17)31-11-6-7-12-31)33-34-24-28-20-18(15-16(4-2)26-20)22(30-24)32-13-8-9-14-32/h5,10,15H,3-4,6-9,11-14H2,1-2H3,(H2,25,27,29)(H,26,28,30)/b10-5+. The molecule has 0 saturated carbocycles. The van der Waals surface area contributed by atoms with Gasteiger partial charge in [0.15, 0.2) is 0 Å². The first-order valence-corrected chi connectivity index (χ1v) is 14.4. The molecule has 0 radical (unpaired) electrons. The first-order valence-electron chi connectivity index (χ1n) is 12.2. The van der Waals surface area contributed by atoms with Gasteiger partial charge in [0.25, 0.3) is 0 Å². The Balaban J connectivity index is 1.44. The molecular weight excluding hydrogens is 464 g/mol. The first-order chi connectivity index (χ1) is 16.7. The number of aromatic amines is 1. The zero-order chi connectivity index (χ0) is 23.5. The van der Waals surface area contributed by atoms with Gasteiger partial charge in [-0.15, -0.1) is 0 Å². The van der Waals surface area contributed by atoms with Gasteiger partial charge < -0.3 is 20.5 Å². The van der Waals surface area contributed by atoms with Gasteiger partial charge >= 0.3 is 0 Å². The molecule has 5 heterocycles. The Kier molecular flexibility index (Phi) is 7.15. The van der Waals surface area contributed by atoms with E-state index in [-0.39, 0.29) is 0 Å². The maximum atomic E-state index is 6.40. The highest BCUT2D eigenvalue weighted by atomic mass is 33.1. The molecule has 0 amide bonds. The number of hydrogen-bond acceptors (Lipinski definition) is 9. The maximum absolute atomic E-state index is 6.40. The predicted octanol–water partition coefficient (Wildman–Crippen LogP) is 5.32. The number of hydrogen-bond donors (Lipinski definition) is 2. The van der Waals surface area contributed by atoms with E-state index in [1.807, 2.05) is 0 Å². The number of aryl methyl sites for hydroxylation is 1. The highest BCUT2D eigenvalue weighted by Crippen LogP contribution is 2.39. The molecule has 0 unspecified atom stereocenters. The minimum absolute atomic E-state index is 0.524. The average Bonchev–Trinajstić information content (AvgIpc) is 3.62. The lowest BCUT2D eigenvalue weighted by molar-refractivity contribution is 0.880. The van der Waals surface area contributed by atoms with Gasteiger partial charge in [-0.3, -0.25) is 0 Å². The SMILES string of the molecule is CC/C=C/c1c(N)nc(SSc2nc(N3CCCC3)c3cc(CC)[nH]c3n2)nc1N1CCCC1. The fourth-order valence-corrected chi connectivity index (χ4v) is 6.11. The van der Waals surface area contributed by atoms with Crippen molar-refractivity contribution in [2.75, 3.05) is 41.7 Å². The summed E-state index contributed by atoms with van der Waals surface area (Å²) in [5, 5.41) is 2.46. The maximum Gasteiger partial charge on any atom is 0.202 e. The molecule has 2 saturated heterocycles. The summed E-state index contributed by atoms with van der Waals surface area (Å²) in [6.45, 7) is 8.37. The fourth-order valence-electron chi connectivity index (χ4n) is 4.56. The van der Waals surface area contributed by atoms with Gasteiger partial charge in [0.1, 0.15) is 23.1 Å². The second-order valence-corrected chi connectivity index (χ2v) is 10.8. The largest absolute Gasteiger partial charge is 0.383 e. The number of fused-ring (bicyclic) bond motifs is 1. The van der Waals surface area contributed by atoms with E-state index in [1.54, 1.807) is 0 Å². The molecule has 3 N–H and O–H groups in total. The first kappa shape index (κ1) is 23.3. The number of nitrogens with zero attached hydrogens (tertiary/aromatic N) is 6. The number of aromatic nitrogens is 5. The molecule has 34 heavy (non-hydrogen) atoms. The summed E-state index contributed by atoms with van der Waals surface area (Å²) in [4.78, 5) is 27.5. The van der Waals surface area contributed by atoms with Crippen molar-refractivity contribution < 1.29 is 0 Å². The average molecular weight is 497 g/mol. The van der Waals surface area contributed by atoms with E-state index in [0.717, 1.165) is 67.3 Å². The number of allylic oxidation sites excluding steroid dienone is 1. The van der Waals surface area contributed by atoms with Crippen LogP contribution in [0.25, 0.3) is 17.1 Å². The topological polar surface area (TPSA) is 99.8 Å². The van der Waals surface area contributed by atoms with Crippen LogP contribution in [0.1, 0.15) is 57.2 Å². The molecule has 2 fully saturated rings. The third kappa shape index (κ3) is 4.84. The molecule has 5 rings (SSSR count). The van der Waals surface area contributed by atoms with Crippen molar-refractivity contribution >= 4 is 56.2 Å². The van der Waals surface area contributed by atoms with Crippen LogP contribution in [0.2, 0.25) is 0 Å². The molecule has 0 atom stereocenters. The molecule has 0 aromatic carbocycles. The Bertz CT molecular complexity index is 1180. The van der Waals surface area contributed by atoms with Crippen molar-refractivity contribution in [3.63, 3.8) is 0 Å². The molecule has 0 bridgehead atoms. The zero-order valence-corrected chi connectivity index (χ0v) is 21.5. The van der Waals surface area contributed by atoms with Crippen molar-refractivity contribution in [1.29, 1.82) is 0 Å². The summed E-state index contributed by atoms with van der Waals surface area (Å²) in [5.41, 5.74) is 9.41. The van der Waals surface area contributed by atoms with Crippen LogP contribution in [0, 0.1) is 0 Å². The van der Waals surface area contributed by atoms with Crippen LogP contribution in [0.4, 0.5) is 17.5 Å². The van der Waals surface area contributed by atoms with Crippen molar-refractivity contribution in [3.05, 3.63) is 23.4 Å². The number of nitrogen functional groups attached to an aromatic ring is 1. The van der Waals surface area contributed by atoms with Crippen molar-refractivity contribution in [2.45, 2.75) is 62.7 Å². The van der Waals surface area contributed by atoms with E-state index in [1.165, 1.54) is 53.0 Å². The van der Waals surface area contributed by atoms with Gasteiger partial charge in [0, 0.05) is 31.9 Å². The van der Waals surface area contributed by atoms with E-state index in [4.69, 9.17) is 20.7 Å². The normalized spacial score (nSPS) is 16.5. The van der Waals surface area contributed by atoms with Gasteiger partial charge in [-0.2, -0.15) is 0 Å². The van der Waals surface area contributed by atoms with Crippen LogP contribution in [0.3, 0.4) is 0 Å². The van der Waals surface area contributed by atoms with Crippen molar-refractivity contribution in [2.24, 2.45) is 0 Å². The van der Waals surface area contributed by atoms with Crippen LogP contribution in [0.5, 0.6) is 0 Å². The molecule has 3 aromatic rings. The van der Waals surface area contributed by atoms with Gasteiger partial charge in [-0.05, 0) is 66.2 Å². The second-order valence-electron chi connectivity index (χ2n) is 8.73. The van der Waals surface area contributed by atoms with E-state index in [2.05, 4.69) is 51.8 Å². The predicted molar refractivity (Wildman–Crippen MR) is 144 cm³/mol. The lowest BCUT2D eigenvalue weighted by Crippen LogP contribution is -2.21. The van der Waals surface area contributed by atoms with Gasteiger partial charge in [-0.1, -0.05) is 26.0 Å². The fraction of sp³-hybridized carbons (Fsp3) is 0.500. The molecule has 10 heteroatoms. The third-order valence-electron chi connectivity index (χ3n) is 6.34. The lowest BCUT2D eigenvalue weighted by atomic mass is 10.2. The summed E-state index contributed by atoms with van der Waals surface area (Å²) >= 11 is 0. The summed E-state index contributed by atoms with van der Waals surface area (Å²) in [6.07, 6.45) is 10.8. The second kappa shape index (κ2) is 10.4. The van der Waals surface area contributed by atoms with Crippen LogP contribution in [-0.4, -0.2) is 51.1 Å². The van der Waals surface area contributed by atoms with Gasteiger partial charge in [0.2, 0.25) is 10.3 Å². The number of anilines is 3. The Labute approximate surface area is 208 Å². The van der Waals surface area contributed by atoms with E-state index in [9.17, 15) is 0 Å². The third-order valence-corrected chi connectivity index (χ3v) is 8.23. The minimum atomic E-state index is 0.524. The van der Waals surface area contributed by atoms with Crippen LogP contribution >= 0.6 is 21.6 Å². The van der Waals surface area contributed by atoms with Crippen LogP contribution < -0.4 is 15.5 Å². The van der Waals surface area contributed by atoms with Gasteiger partial charge in [0.05, 0.1) is 10.9 Å². The summed E-state index contributed by atoms with van der Waals surface area (Å²) in [6, 6.07) is 2.19. The Morgan fingerprint density at radius 3 is 2.18 bits per heavy atom. The number of rotatable bonds is 8. The molecule has 3 aromatic heterocycles. The number of nitrogens with two attached hydrogens (primary N) is 1. The van der Waals surface area contributed by atoms with Crippen LogP contribution in [-0.2, 0) is 6.42 Å². The Morgan fingerprint density at radius 1 is 0.912 bits per heavy atom. The Hall–Kier alpha value is -2.46. The summed E-state index contributed by atoms with van der Waals surface area (Å²) in [7, 11) is 2.96. The summed E-state index contributed by atoms with van der Waals surface area (Å²) < 4.78 is 0. The van der Waals surface area contributed by atoms with Crippen molar-refractivity contribution in [3.8, 4) is 0 Å². The molecule has 8 nitrogen and oxygen atoms in total. The Morgan fingerprint density at radius 2 is 1.53 bits per heavy atom. The molecule has 2 aliphatic rings. The molecule has 0 spiro atoms. The summed E-state index contributed by atoms with van der Waals surface area (Å²) in [5.74, 6) is 2.49. The monoisotopic (exact) mass is 496 g/mol. The van der Waals surface area contributed by atoms with Crippen molar-refractivity contribution in [1.82, 2.24) is 24.9 Å². The molecular formula is C24H32N8S2. The number of H-pyrrole nitrogens is 1. The van der Waals surface area contributed by atoms with E-state index < -0.39 is 0 Å². The van der Waals surface area contributed by atoms with E-state index >= 15 is 0 Å². The zero-order valence-electron chi connectivity index (χ0n) is 19.9. The van der Waals surface area contributed by atoms with E-state index in [0.29, 0.717) is 16.1 Å². The molecule has 2 aliphatic heterocycles. The molecule has 0 aliphatic carbocycles. The highest BCUT2D eigenvalue weighted by molar-refractivity contribution is 8.76. The van der Waals surface area contributed by atoms with Gasteiger partial charge in [-0.25, -0.2) is 19.9 Å². The lowest BCUT2D eigenvalue weighted by Gasteiger charge is -2.20. The molecule has 180 valence electrons. The van der Waals surface area contributed by atoms with Crippen LogP contribution in [0.15, 0.2) is 22.5 Å². The number of nitrogens with one attached hydrogen (secondary N) is 1. The quantitative estimate of drug-likeness (QED) is 0.317. The minimum Gasteiger partial charge on any atom is -0.383 e. The smallest absolute Gasteiger partial charge is 0.202 e. The highest BCUT2D eigenvalue weighted by Gasteiger charge is 2.22.